The third-order valence-electron chi connectivity index (χ3n) is 1.22. The molecule has 0 unspecified atom stereocenters. The SMILES string of the molecule is CNCc1cnc(C)nc1.Cl. The van der Waals surface area contributed by atoms with Crippen LogP contribution >= 0.6 is 12.4 Å². The van der Waals surface area contributed by atoms with E-state index < -0.39 is 0 Å². The van der Waals surface area contributed by atoms with Gasteiger partial charge in [0.05, 0.1) is 0 Å². The van der Waals surface area contributed by atoms with Crippen LogP contribution in [-0.2, 0) is 6.54 Å². The Labute approximate surface area is 72.7 Å². The molecule has 0 aliphatic rings. The summed E-state index contributed by atoms with van der Waals surface area (Å²) in [6.07, 6.45) is 3.66. The maximum absolute atomic E-state index is 4.05. The Bertz CT molecular complexity index is 197. The molecule has 0 fully saturated rings. The molecular weight excluding hydrogens is 162 g/mol. The number of nitrogens with zero attached hydrogens (tertiary/aromatic N) is 2. The first kappa shape index (κ1) is 10.3. The van der Waals surface area contributed by atoms with E-state index in [0.717, 1.165) is 17.9 Å². The molecule has 3 nitrogen and oxygen atoms in total. The number of aromatic nitrogens is 2. The predicted molar refractivity (Wildman–Crippen MR) is 46.8 cm³/mol. The third-order valence-corrected chi connectivity index (χ3v) is 1.22. The molecule has 0 bridgehead atoms. The van der Waals surface area contributed by atoms with Gasteiger partial charge in [-0.1, -0.05) is 0 Å². The van der Waals surface area contributed by atoms with Gasteiger partial charge >= 0.3 is 0 Å². The molecule has 1 aromatic heterocycles. The van der Waals surface area contributed by atoms with Crippen LogP contribution < -0.4 is 5.32 Å². The Balaban J connectivity index is 0.000001000. The van der Waals surface area contributed by atoms with Crippen molar-refractivity contribution in [1.82, 2.24) is 15.3 Å². The molecule has 0 saturated carbocycles. The average molecular weight is 174 g/mol. The molecule has 1 rings (SSSR count). The fraction of sp³-hybridized carbons (Fsp3) is 0.429. The molecule has 0 saturated heterocycles. The summed E-state index contributed by atoms with van der Waals surface area (Å²) in [6, 6.07) is 0. The van der Waals surface area contributed by atoms with Gasteiger partial charge in [-0.15, -0.1) is 12.4 Å². The lowest BCUT2D eigenvalue weighted by Crippen LogP contribution is -2.05. The van der Waals surface area contributed by atoms with Gasteiger partial charge in [0.15, 0.2) is 0 Å². The van der Waals surface area contributed by atoms with E-state index in [1.165, 1.54) is 0 Å². The molecule has 1 N–H and O–H groups in total. The number of rotatable bonds is 2. The lowest BCUT2D eigenvalue weighted by molar-refractivity contribution is 0.802. The average Bonchev–Trinajstić information content (AvgIpc) is 1.95. The molecule has 0 amide bonds. The van der Waals surface area contributed by atoms with Gasteiger partial charge in [0.1, 0.15) is 5.82 Å². The Morgan fingerprint density at radius 1 is 1.36 bits per heavy atom. The first-order valence-corrected chi connectivity index (χ1v) is 3.25. The predicted octanol–water partition coefficient (Wildman–Crippen LogP) is 0.926. The highest BCUT2D eigenvalue weighted by molar-refractivity contribution is 5.85. The molecule has 0 atom stereocenters. The number of aryl methyl sites for hydroxylation is 1. The number of hydrogen-bond acceptors (Lipinski definition) is 3. The van der Waals surface area contributed by atoms with Gasteiger partial charge in [-0.25, -0.2) is 9.97 Å². The Kier molecular flexibility index (Phi) is 4.74. The molecule has 4 heteroatoms. The normalized spacial score (nSPS) is 8.91. The van der Waals surface area contributed by atoms with E-state index in [4.69, 9.17) is 0 Å². The molecular formula is C7H12ClN3. The summed E-state index contributed by atoms with van der Waals surface area (Å²) in [5.41, 5.74) is 1.12. The molecule has 1 aromatic rings. The second kappa shape index (κ2) is 5.04. The van der Waals surface area contributed by atoms with Crippen LogP contribution in [0.1, 0.15) is 11.4 Å². The monoisotopic (exact) mass is 173 g/mol. The van der Waals surface area contributed by atoms with E-state index in [1.54, 1.807) is 0 Å². The van der Waals surface area contributed by atoms with E-state index in [-0.39, 0.29) is 12.4 Å². The van der Waals surface area contributed by atoms with Crippen LogP contribution in [0.4, 0.5) is 0 Å². The molecule has 62 valence electrons. The summed E-state index contributed by atoms with van der Waals surface area (Å²) in [5.74, 6) is 0.819. The van der Waals surface area contributed by atoms with Crippen molar-refractivity contribution in [3.05, 3.63) is 23.8 Å². The van der Waals surface area contributed by atoms with Crippen molar-refractivity contribution in [2.45, 2.75) is 13.5 Å². The minimum atomic E-state index is 0. The van der Waals surface area contributed by atoms with Crippen molar-refractivity contribution < 1.29 is 0 Å². The smallest absolute Gasteiger partial charge is 0.125 e. The maximum atomic E-state index is 4.05. The summed E-state index contributed by atoms with van der Waals surface area (Å²) < 4.78 is 0. The number of nitrogens with one attached hydrogen (secondary N) is 1. The summed E-state index contributed by atoms with van der Waals surface area (Å²) in [4.78, 5) is 8.09. The van der Waals surface area contributed by atoms with Crippen molar-refractivity contribution in [3.8, 4) is 0 Å². The third kappa shape index (κ3) is 3.30. The number of halogens is 1. The van der Waals surface area contributed by atoms with Crippen LogP contribution in [0.2, 0.25) is 0 Å². The Morgan fingerprint density at radius 2 is 1.91 bits per heavy atom. The standard InChI is InChI=1S/C7H11N3.ClH/c1-6-9-4-7(3-8-2)5-10-6;/h4-5,8H,3H2,1-2H3;1H. The van der Waals surface area contributed by atoms with Crippen LogP contribution in [0, 0.1) is 6.92 Å². The van der Waals surface area contributed by atoms with E-state index in [1.807, 2.05) is 26.4 Å². The van der Waals surface area contributed by atoms with E-state index >= 15 is 0 Å². The summed E-state index contributed by atoms with van der Waals surface area (Å²) in [6.45, 7) is 2.71. The Morgan fingerprint density at radius 3 is 2.36 bits per heavy atom. The summed E-state index contributed by atoms with van der Waals surface area (Å²) in [7, 11) is 1.90. The van der Waals surface area contributed by atoms with E-state index in [9.17, 15) is 0 Å². The molecule has 11 heavy (non-hydrogen) atoms. The zero-order chi connectivity index (χ0) is 7.40. The van der Waals surface area contributed by atoms with Crippen molar-refractivity contribution in [2.75, 3.05) is 7.05 Å². The van der Waals surface area contributed by atoms with Crippen LogP contribution in [0.25, 0.3) is 0 Å². The minimum Gasteiger partial charge on any atom is -0.316 e. The summed E-state index contributed by atoms with van der Waals surface area (Å²) in [5, 5.41) is 3.02. The topological polar surface area (TPSA) is 37.8 Å². The highest BCUT2D eigenvalue weighted by Crippen LogP contribution is 1.92. The van der Waals surface area contributed by atoms with Gasteiger partial charge in [0, 0.05) is 24.5 Å². The van der Waals surface area contributed by atoms with Gasteiger partial charge in [0.2, 0.25) is 0 Å². The second-order valence-corrected chi connectivity index (χ2v) is 2.17. The first-order chi connectivity index (χ1) is 4.83. The van der Waals surface area contributed by atoms with Crippen molar-refractivity contribution in [3.63, 3.8) is 0 Å². The summed E-state index contributed by atoms with van der Waals surface area (Å²) >= 11 is 0. The molecule has 1 heterocycles. The van der Waals surface area contributed by atoms with Gasteiger partial charge in [-0.3, -0.25) is 0 Å². The Hall–Kier alpha value is -0.670. The van der Waals surface area contributed by atoms with E-state index in [2.05, 4.69) is 15.3 Å². The molecule has 0 aliphatic carbocycles. The minimum absolute atomic E-state index is 0. The fourth-order valence-electron chi connectivity index (χ4n) is 0.715. The van der Waals surface area contributed by atoms with Gasteiger partial charge in [0.25, 0.3) is 0 Å². The van der Waals surface area contributed by atoms with Crippen molar-refractivity contribution >= 4 is 12.4 Å². The maximum Gasteiger partial charge on any atom is 0.125 e. The zero-order valence-corrected chi connectivity index (χ0v) is 7.48. The molecule has 0 radical (unpaired) electrons. The van der Waals surface area contributed by atoms with Crippen LogP contribution in [0.3, 0.4) is 0 Å². The van der Waals surface area contributed by atoms with Gasteiger partial charge in [-0.2, -0.15) is 0 Å². The van der Waals surface area contributed by atoms with Gasteiger partial charge < -0.3 is 5.32 Å². The van der Waals surface area contributed by atoms with Gasteiger partial charge in [-0.05, 0) is 14.0 Å². The fourth-order valence-corrected chi connectivity index (χ4v) is 0.715. The van der Waals surface area contributed by atoms with Crippen LogP contribution in [-0.4, -0.2) is 17.0 Å². The largest absolute Gasteiger partial charge is 0.316 e. The molecule has 0 spiro atoms. The van der Waals surface area contributed by atoms with Crippen LogP contribution in [0.15, 0.2) is 12.4 Å². The lowest BCUT2D eigenvalue weighted by atomic mass is 10.3. The first-order valence-electron chi connectivity index (χ1n) is 3.25. The van der Waals surface area contributed by atoms with E-state index in [0.29, 0.717) is 0 Å². The number of hydrogen-bond donors (Lipinski definition) is 1. The lowest BCUT2D eigenvalue weighted by Gasteiger charge is -1.97. The molecule has 0 aromatic carbocycles. The zero-order valence-electron chi connectivity index (χ0n) is 6.66. The molecule has 0 aliphatic heterocycles. The van der Waals surface area contributed by atoms with Crippen molar-refractivity contribution in [2.24, 2.45) is 0 Å². The van der Waals surface area contributed by atoms with Crippen molar-refractivity contribution in [1.29, 1.82) is 0 Å². The highest BCUT2D eigenvalue weighted by Gasteiger charge is 1.89. The second-order valence-electron chi connectivity index (χ2n) is 2.17. The highest BCUT2D eigenvalue weighted by atomic mass is 35.5. The van der Waals surface area contributed by atoms with Crippen LogP contribution in [0.5, 0.6) is 0 Å². The quantitative estimate of drug-likeness (QED) is 0.723.